The van der Waals surface area contributed by atoms with Gasteiger partial charge < -0.3 is 10.1 Å². The molecule has 0 aliphatic carbocycles. The molecular formula is C16H25NO. The highest BCUT2D eigenvalue weighted by Crippen LogP contribution is 2.26. The molecule has 0 radical (unpaired) electrons. The lowest BCUT2D eigenvalue weighted by atomic mass is 10.0. The number of ether oxygens (including phenoxy) is 1. The molecule has 0 heterocycles. The van der Waals surface area contributed by atoms with Crippen LogP contribution in [0.5, 0.6) is 5.75 Å². The van der Waals surface area contributed by atoms with E-state index in [9.17, 15) is 0 Å². The van der Waals surface area contributed by atoms with Crippen LogP contribution in [0, 0.1) is 6.92 Å². The average Bonchev–Trinajstić information content (AvgIpc) is 2.36. The molecule has 0 aromatic heterocycles. The summed E-state index contributed by atoms with van der Waals surface area (Å²) in [7, 11) is 0. The fourth-order valence-corrected chi connectivity index (χ4v) is 1.83. The number of allylic oxidation sites excluding steroid dienone is 1. The predicted octanol–water partition coefficient (Wildman–Crippen LogP) is 4.01. The Hall–Kier alpha value is -1.28. The second kappa shape index (κ2) is 7.93. The third-order valence-electron chi connectivity index (χ3n) is 2.91. The predicted molar refractivity (Wildman–Crippen MR) is 78.2 cm³/mol. The van der Waals surface area contributed by atoms with Gasteiger partial charge in [0.05, 0.1) is 0 Å². The van der Waals surface area contributed by atoms with Crippen molar-refractivity contribution in [3.63, 3.8) is 0 Å². The number of rotatable bonds is 7. The van der Waals surface area contributed by atoms with Crippen molar-refractivity contribution in [2.24, 2.45) is 0 Å². The van der Waals surface area contributed by atoms with Gasteiger partial charge in [-0.25, -0.2) is 0 Å². The lowest BCUT2D eigenvalue weighted by Gasteiger charge is -2.18. The van der Waals surface area contributed by atoms with E-state index < -0.39 is 0 Å². The smallest absolute Gasteiger partial charge is 0.124 e. The van der Waals surface area contributed by atoms with Gasteiger partial charge in [0.2, 0.25) is 0 Å². The van der Waals surface area contributed by atoms with Crippen molar-refractivity contribution in [2.45, 2.75) is 40.2 Å². The van der Waals surface area contributed by atoms with Crippen molar-refractivity contribution >= 4 is 0 Å². The molecule has 1 N–H and O–H groups in total. The first-order chi connectivity index (χ1) is 8.69. The molecule has 0 amide bonds. The minimum Gasteiger partial charge on any atom is -0.489 e. The molecule has 0 saturated heterocycles. The summed E-state index contributed by atoms with van der Waals surface area (Å²) in [6.45, 7) is 10.1. The highest BCUT2D eigenvalue weighted by atomic mass is 16.5. The summed E-state index contributed by atoms with van der Waals surface area (Å²) >= 11 is 0. The normalized spacial score (nSPS) is 12.9. The Bertz CT molecular complexity index is 385. The minimum atomic E-state index is 0.325. The number of aryl methyl sites for hydroxylation is 1. The van der Waals surface area contributed by atoms with E-state index in [2.05, 4.69) is 44.3 Å². The van der Waals surface area contributed by atoms with Gasteiger partial charge >= 0.3 is 0 Å². The third-order valence-corrected chi connectivity index (χ3v) is 2.91. The molecule has 0 bridgehead atoms. The molecule has 100 valence electrons. The summed E-state index contributed by atoms with van der Waals surface area (Å²) in [5.74, 6) is 0.990. The summed E-state index contributed by atoms with van der Waals surface area (Å²) in [5.41, 5.74) is 2.47. The highest BCUT2D eigenvalue weighted by molar-refractivity contribution is 5.39. The van der Waals surface area contributed by atoms with Gasteiger partial charge in [-0.2, -0.15) is 0 Å². The molecule has 0 saturated carbocycles. The lowest BCUT2D eigenvalue weighted by Crippen LogP contribution is -2.20. The van der Waals surface area contributed by atoms with Gasteiger partial charge in [-0.05, 0) is 45.4 Å². The first kappa shape index (κ1) is 14.8. The van der Waals surface area contributed by atoms with Crippen LogP contribution in [0.4, 0.5) is 0 Å². The Labute approximate surface area is 111 Å². The van der Waals surface area contributed by atoms with E-state index in [1.165, 1.54) is 11.1 Å². The van der Waals surface area contributed by atoms with Crippen LogP contribution in [0.15, 0.2) is 30.4 Å². The molecule has 1 atom stereocenters. The van der Waals surface area contributed by atoms with Crippen molar-refractivity contribution in [3.05, 3.63) is 41.5 Å². The Kier molecular flexibility index (Phi) is 6.51. The van der Waals surface area contributed by atoms with Gasteiger partial charge in [0.15, 0.2) is 0 Å². The summed E-state index contributed by atoms with van der Waals surface area (Å²) in [4.78, 5) is 0. The third kappa shape index (κ3) is 4.53. The lowest BCUT2D eigenvalue weighted by molar-refractivity contribution is 0.353. The van der Waals surface area contributed by atoms with Crippen LogP contribution >= 0.6 is 0 Å². The van der Waals surface area contributed by atoms with Gasteiger partial charge in [-0.15, -0.1) is 0 Å². The zero-order valence-electron chi connectivity index (χ0n) is 12.0. The second-order valence-electron chi connectivity index (χ2n) is 4.60. The highest BCUT2D eigenvalue weighted by Gasteiger charge is 2.10. The quantitative estimate of drug-likeness (QED) is 0.735. The molecule has 18 heavy (non-hydrogen) atoms. The molecule has 1 rings (SSSR count). The monoisotopic (exact) mass is 247 g/mol. The molecular weight excluding hydrogens is 222 g/mol. The van der Waals surface area contributed by atoms with E-state index in [0.717, 1.165) is 18.7 Å². The topological polar surface area (TPSA) is 21.3 Å². The summed E-state index contributed by atoms with van der Waals surface area (Å²) in [6, 6.07) is 6.74. The van der Waals surface area contributed by atoms with Crippen molar-refractivity contribution < 1.29 is 4.74 Å². The first-order valence-corrected chi connectivity index (χ1v) is 6.77. The number of hydrogen-bond acceptors (Lipinski definition) is 2. The van der Waals surface area contributed by atoms with Gasteiger partial charge in [0.1, 0.15) is 12.4 Å². The fourth-order valence-electron chi connectivity index (χ4n) is 1.83. The number of nitrogens with one attached hydrogen (secondary N) is 1. The molecule has 1 aromatic rings. The molecule has 2 heteroatoms. The Morgan fingerprint density at radius 3 is 2.83 bits per heavy atom. The van der Waals surface area contributed by atoms with Gasteiger partial charge in [-0.1, -0.05) is 31.2 Å². The molecule has 1 aromatic carbocycles. The maximum absolute atomic E-state index is 5.83. The van der Waals surface area contributed by atoms with Gasteiger partial charge in [-0.3, -0.25) is 0 Å². The molecule has 0 aliphatic rings. The van der Waals surface area contributed by atoms with E-state index in [1.807, 2.05) is 19.1 Å². The number of benzene rings is 1. The molecule has 2 nitrogen and oxygen atoms in total. The van der Waals surface area contributed by atoms with E-state index in [0.29, 0.717) is 12.6 Å². The van der Waals surface area contributed by atoms with Crippen LogP contribution < -0.4 is 10.1 Å². The Morgan fingerprint density at radius 1 is 1.39 bits per heavy atom. The summed E-state index contributed by atoms with van der Waals surface area (Å²) in [5, 5.41) is 3.50. The standard InChI is InChI=1S/C16H25NO/c1-5-7-11-18-16-12-13(3)8-9-15(16)14(4)17-10-6-2/h5,7-9,12,14,17H,6,10-11H2,1-4H3/b7-5+. The van der Waals surface area contributed by atoms with Crippen LogP contribution in [0.25, 0.3) is 0 Å². The van der Waals surface area contributed by atoms with Crippen LogP contribution in [0.2, 0.25) is 0 Å². The minimum absolute atomic E-state index is 0.325. The summed E-state index contributed by atoms with van der Waals surface area (Å²) in [6.07, 6.45) is 5.18. The maximum Gasteiger partial charge on any atom is 0.124 e. The zero-order valence-corrected chi connectivity index (χ0v) is 12.0. The van der Waals surface area contributed by atoms with Gasteiger partial charge in [0.25, 0.3) is 0 Å². The second-order valence-corrected chi connectivity index (χ2v) is 4.60. The fraction of sp³-hybridized carbons (Fsp3) is 0.500. The van der Waals surface area contributed by atoms with E-state index in [4.69, 9.17) is 4.74 Å². The van der Waals surface area contributed by atoms with Crippen molar-refractivity contribution in [1.29, 1.82) is 0 Å². The van der Waals surface area contributed by atoms with Crippen LogP contribution in [-0.2, 0) is 0 Å². The molecule has 0 spiro atoms. The first-order valence-electron chi connectivity index (χ1n) is 6.77. The molecule has 1 unspecified atom stereocenters. The van der Waals surface area contributed by atoms with E-state index in [1.54, 1.807) is 0 Å². The van der Waals surface area contributed by atoms with Crippen molar-refractivity contribution in [2.75, 3.05) is 13.2 Å². The average molecular weight is 247 g/mol. The van der Waals surface area contributed by atoms with E-state index >= 15 is 0 Å². The van der Waals surface area contributed by atoms with E-state index in [-0.39, 0.29) is 0 Å². The SMILES string of the molecule is C/C=C/COc1cc(C)ccc1C(C)NCCC. The van der Waals surface area contributed by atoms with Crippen LogP contribution in [-0.4, -0.2) is 13.2 Å². The van der Waals surface area contributed by atoms with Crippen LogP contribution in [0.1, 0.15) is 44.4 Å². The maximum atomic E-state index is 5.83. The van der Waals surface area contributed by atoms with Crippen molar-refractivity contribution in [3.8, 4) is 5.75 Å². The van der Waals surface area contributed by atoms with Gasteiger partial charge in [0, 0.05) is 11.6 Å². The largest absolute Gasteiger partial charge is 0.489 e. The molecule has 0 fully saturated rings. The zero-order chi connectivity index (χ0) is 13.4. The Balaban J connectivity index is 2.81. The van der Waals surface area contributed by atoms with Crippen LogP contribution in [0.3, 0.4) is 0 Å². The van der Waals surface area contributed by atoms with Crippen molar-refractivity contribution in [1.82, 2.24) is 5.32 Å². The number of hydrogen-bond donors (Lipinski definition) is 1. The molecule has 0 aliphatic heterocycles. The Morgan fingerprint density at radius 2 is 2.17 bits per heavy atom. The summed E-state index contributed by atoms with van der Waals surface area (Å²) < 4.78 is 5.83.